The highest BCUT2D eigenvalue weighted by molar-refractivity contribution is 5.94. The molecule has 0 spiro atoms. The van der Waals surface area contributed by atoms with E-state index in [9.17, 15) is 9.59 Å². The molecule has 0 saturated heterocycles. The van der Waals surface area contributed by atoms with Crippen LogP contribution in [0, 0.1) is 18.3 Å². The zero-order valence-corrected chi connectivity index (χ0v) is 18.8. The van der Waals surface area contributed by atoms with Crippen LogP contribution in [-0.4, -0.2) is 34.2 Å². The van der Waals surface area contributed by atoms with Crippen molar-refractivity contribution in [2.24, 2.45) is 0 Å². The molecule has 0 aliphatic carbocycles. The molecular formula is C25H25N5O3. The van der Waals surface area contributed by atoms with E-state index in [1.807, 2.05) is 38.1 Å². The number of carbonyl (C=O) groups excluding carboxylic acids is 1. The molecule has 1 unspecified atom stereocenters. The van der Waals surface area contributed by atoms with Crippen LogP contribution in [0.2, 0.25) is 0 Å². The van der Waals surface area contributed by atoms with Gasteiger partial charge in [-0.15, -0.1) is 4.73 Å². The van der Waals surface area contributed by atoms with Crippen molar-refractivity contribution < 1.29 is 9.63 Å². The van der Waals surface area contributed by atoms with E-state index in [2.05, 4.69) is 16.4 Å². The van der Waals surface area contributed by atoms with Gasteiger partial charge in [0.1, 0.15) is 7.11 Å². The van der Waals surface area contributed by atoms with Gasteiger partial charge in [0.15, 0.2) is 0 Å². The average Bonchev–Trinajstić information content (AvgIpc) is 2.84. The lowest BCUT2D eigenvalue weighted by molar-refractivity contribution is 0.0728. The summed E-state index contributed by atoms with van der Waals surface area (Å²) in [5.41, 5.74) is 3.99. The third kappa shape index (κ3) is 4.44. The number of aromatic nitrogens is 2. The van der Waals surface area contributed by atoms with Gasteiger partial charge in [-0.25, -0.2) is 4.98 Å². The van der Waals surface area contributed by atoms with Crippen molar-refractivity contribution in [3.8, 4) is 6.07 Å². The van der Waals surface area contributed by atoms with Gasteiger partial charge in [-0.2, -0.15) is 5.26 Å². The Kier molecular flexibility index (Phi) is 6.13. The molecule has 0 radical (unpaired) electrons. The van der Waals surface area contributed by atoms with Crippen LogP contribution in [0.25, 0.3) is 0 Å². The minimum Gasteiger partial charge on any atom is -0.411 e. The van der Waals surface area contributed by atoms with Crippen LogP contribution >= 0.6 is 0 Å². The molecule has 4 rings (SSSR count). The fourth-order valence-electron chi connectivity index (χ4n) is 3.90. The van der Waals surface area contributed by atoms with Gasteiger partial charge in [0, 0.05) is 18.5 Å². The molecule has 8 heteroatoms. The number of amides is 1. The second kappa shape index (κ2) is 9.17. The maximum absolute atomic E-state index is 13.2. The number of fused-ring (bicyclic) bond motifs is 1. The number of benzene rings is 2. The third-order valence-electron chi connectivity index (χ3n) is 5.85. The van der Waals surface area contributed by atoms with Gasteiger partial charge in [-0.1, -0.05) is 29.8 Å². The monoisotopic (exact) mass is 443 g/mol. The summed E-state index contributed by atoms with van der Waals surface area (Å²) in [6, 6.07) is 16.5. The molecule has 1 aliphatic rings. The lowest BCUT2D eigenvalue weighted by atomic mass is 10.0. The molecule has 1 aliphatic heterocycles. The highest BCUT2D eigenvalue weighted by atomic mass is 16.7. The standard InChI is InChI=1S/C25H25N5O3/c1-16-4-8-20(9-5-16)23(31)29-13-12-22-21(15-29)24(32)30(33-3)25(28-22)27-17(2)19-10-6-18(14-26)7-11-19/h4-11,17H,12-13,15H2,1-3H3,(H,27,28). The van der Waals surface area contributed by atoms with Crippen LogP contribution in [0.15, 0.2) is 53.3 Å². The van der Waals surface area contributed by atoms with E-state index < -0.39 is 0 Å². The van der Waals surface area contributed by atoms with Crippen LogP contribution < -0.4 is 15.7 Å². The second-order valence-corrected chi connectivity index (χ2v) is 8.09. The van der Waals surface area contributed by atoms with Crippen molar-refractivity contribution in [3.63, 3.8) is 0 Å². The van der Waals surface area contributed by atoms with Gasteiger partial charge in [0.25, 0.3) is 11.5 Å². The lowest BCUT2D eigenvalue weighted by Gasteiger charge is -2.29. The quantitative estimate of drug-likeness (QED) is 0.651. The molecule has 168 valence electrons. The lowest BCUT2D eigenvalue weighted by Crippen LogP contribution is -2.42. The summed E-state index contributed by atoms with van der Waals surface area (Å²) >= 11 is 0. The molecule has 2 heterocycles. The van der Waals surface area contributed by atoms with Crippen molar-refractivity contribution in [3.05, 3.63) is 92.4 Å². The van der Waals surface area contributed by atoms with Gasteiger partial charge >= 0.3 is 0 Å². The third-order valence-corrected chi connectivity index (χ3v) is 5.85. The fraction of sp³-hybridized carbons (Fsp3) is 0.280. The molecule has 0 bridgehead atoms. The smallest absolute Gasteiger partial charge is 0.293 e. The molecule has 1 N–H and O–H groups in total. The normalized spacial score (nSPS) is 13.6. The Bertz CT molecular complexity index is 1270. The first kappa shape index (κ1) is 22.1. The van der Waals surface area contributed by atoms with E-state index in [1.165, 1.54) is 7.11 Å². The van der Waals surface area contributed by atoms with Crippen molar-refractivity contribution in [1.29, 1.82) is 5.26 Å². The van der Waals surface area contributed by atoms with E-state index in [-0.39, 0.29) is 24.1 Å². The fourth-order valence-corrected chi connectivity index (χ4v) is 3.90. The Hall–Kier alpha value is -4.12. The van der Waals surface area contributed by atoms with Gasteiger partial charge in [0.2, 0.25) is 5.95 Å². The Morgan fingerprint density at radius 1 is 1.18 bits per heavy atom. The van der Waals surface area contributed by atoms with Gasteiger partial charge in [0.05, 0.1) is 35.5 Å². The Morgan fingerprint density at radius 2 is 1.88 bits per heavy atom. The Morgan fingerprint density at radius 3 is 2.52 bits per heavy atom. The van der Waals surface area contributed by atoms with E-state index in [4.69, 9.17) is 10.1 Å². The summed E-state index contributed by atoms with van der Waals surface area (Å²) < 4.78 is 1.12. The maximum Gasteiger partial charge on any atom is 0.293 e. The molecule has 0 fully saturated rings. The minimum atomic E-state index is -0.335. The Labute approximate surface area is 192 Å². The molecule has 2 aromatic carbocycles. The number of aryl methyl sites for hydroxylation is 1. The molecule has 1 atom stereocenters. The molecule has 33 heavy (non-hydrogen) atoms. The summed E-state index contributed by atoms with van der Waals surface area (Å²) in [5, 5.41) is 12.2. The van der Waals surface area contributed by atoms with Crippen molar-refractivity contribution >= 4 is 11.9 Å². The summed E-state index contributed by atoms with van der Waals surface area (Å²) in [4.78, 5) is 37.8. The van der Waals surface area contributed by atoms with Crippen LogP contribution in [0.5, 0.6) is 0 Å². The highest BCUT2D eigenvalue weighted by Gasteiger charge is 2.27. The number of hydrogen-bond acceptors (Lipinski definition) is 6. The SMILES string of the molecule is COn1c(NC(C)c2ccc(C#N)cc2)nc2c(c1=O)CN(C(=O)c1ccc(C)cc1)CC2. The van der Waals surface area contributed by atoms with Crippen molar-refractivity contribution in [1.82, 2.24) is 14.6 Å². The second-order valence-electron chi connectivity index (χ2n) is 8.09. The largest absolute Gasteiger partial charge is 0.411 e. The van der Waals surface area contributed by atoms with Crippen LogP contribution in [-0.2, 0) is 13.0 Å². The number of hydrogen-bond donors (Lipinski definition) is 1. The number of anilines is 1. The topological polar surface area (TPSA) is 100 Å². The van der Waals surface area contributed by atoms with Gasteiger partial charge in [-0.3, -0.25) is 9.59 Å². The first-order valence-electron chi connectivity index (χ1n) is 10.7. The molecule has 8 nitrogen and oxygen atoms in total. The van der Waals surface area contributed by atoms with Gasteiger partial charge < -0.3 is 15.1 Å². The number of nitriles is 1. The number of carbonyl (C=O) groups is 1. The maximum atomic E-state index is 13.2. The van der Waals surface area contributed by atoms with E-state index in [1.54, 1.807) is 29.2 Å². The molecule has 1 amide bonds. The minimum absolute atomic E-state index is 0.111. The molecule has 0 saturated carbocycles. The average molecular weight is 444 g/mol. The van der Waals surface area contributed by atoms with E-state index in [0.29, 0.717) is 41.3 Å². The van der Waals surface area contributed by atoms with Crippen LogP contribution in [0.3, 0.4) is 0 Å². The highest BCUT2D eigenvalue weighted by Crippen LogP contribution is 2.22. The summed E-state index contributed by atoms with van der Waals surface area (Å²) in [5.74, 6) is 0.192. The van der Waals surface area contributed by atoms with E-state index >= 15 is 0 Å². The van der Waals surface area contributed by atoms with Crippen molar-refractivity contribution in [2.75, 3.05) is 19.0 Å². The van der Waals surface area contributed by atoms with Crippen LogP contribution in [0.1, 0.15) is 51.3 Å². The Balaban J connectivity index is 1.59. The number of rotatable bonds is 5. The molecular weight excluding hydrogens is 418 g/mol. The first-order valence-corrected chi connectivity index (χ1v) is 10.7. The summed E-state index contributed by atoms with van der Waals surface area (Å²) in [7, 11) is 1.41. The van der Waals surface area contributed by atoms with Gasteiger partial charge in [-0.05, 0) is 43.7 Å². The molecule has 3 aromatic rings. The zero-order valence-electron chi connectivity index (χ0n) is 18.8. The summed E-state index contributed by atoms with van der Waals surface area (Å²) in [6.45, 7) is 4.57. The molecule has 1 aromatic heterocycles. The van der Waals surface area contributed by atoms with Crippen molar-refractivity contribution in [2.45, 2.75) is 32.9 Å². The van der Waals surface area contributed by atoms with Crippen LogP contribution in [0.4, 0.5) is 5.95 Å². The van der Waals surface area contributed by atoms with E-state index in [0.717, 1.165) is 15.9 Å². The zero-order chi connectivity index (χ0) is 23.5. The number of nitrogens with zero attached hydrogens (tertiary/aromatic N) is 4. The predicted molar refractivity (Wildman–Crippen MR) is 124 cm³/mol. The summed E-state index contributed by atoms with van der Waals surface area (Å²) in [6.07, 6.45) is 0.479. The first-order chi connectivity index (χ1) is 15.9. The predicted octanol–water partition coefficient (Wildman–Crippen LogP) is 2.85. The number of nitrogens with one attached hydrogen (secondary N) is 1.